The van der Waals surface area contributed by atoms with Crippen molar-refractivity contribution < 1.29 is 28.6 Å². The maximum atomic E-state index is 15.8. The molecule has 1 aliphatic rings. The molecule has 2 atom stereocenters. The Kier molecular flexibility index (Phi) is 15.0. The van der Waals surface area contributed by atoms with E-state index in [1.54, 1.807) is 36.4 Å². The minimum atomic E-state index is -2.14. The van der Waals surface area contributed by atoms with Gasteiger partial charge in [-0.15, -0.1) is 0 Å². The summed E-state index contributed by atoms with van der Waals surface area (Å²) in [4.78, 5) is 24.6. The van der Waals surface area contributed by atoms with Crippen LogP contribution in [0.3, 0.4) is 0 Å². The van der Waals surface area contributed by atoms with Crippen molar-refractivity contribution in [1.29, 1.82) is 0 Å². The molecule has 0 bridgehead atoms. The van der Waals surface area contributed by atoms with Crippen LogP contribution in [0.1, 0.15) is 133 Å². The van der Waals surface area contributed by atoms with Crippen molar-refractivity contribution in [3.8, 4) is 11.5 Å². The molecule has 1 N–H and O–H groups in total. The van der Waals surface area contributed by atoms with Gasteiger partial charge in [-0.05, 0) is 86.4 Å². The van der Waals surface area contributed by atoms with Gasteiger partial charge in [-0.2, -0.15) is 0 Å². The van der Waals surface area contributed by atoms with E-state index in [0.29, 0.717) is 37.2 Å². The smallest absolute Gasteiger partial charge is 0.343 e. The van der Waals surface area contributed by atoms with Crippen molar-refractivity contribution in [3.05, 3.63) is 59.7 Å². The minimum Gasteiger partial charge on any atom is -0.494 e. The number of aryl methyl sites for hydroxylation is 1. The molecule has 2 aromatic carbocycles. The summed E-state index contributed by atoms with van der Waals surface area (Å²) < 4.78 is 27.2. The molecule has 0 radical (unpaired) electrons. The molecule has 6 heteroatoms. The van der Waals surface area contributed by atoms with E-state index < -0.39 is 17.6 Å². The van der Waals surface area contributed by atoms with Crippen LogP contribution in [0.4, 0.5) is 4.39 Å². The average Bonchev–Trinajstić information content (AvgIpc) is 3.03. The second-order valence-electron chi connectivity index (χ2n) is 12.4. The molecule has 1 saturated carbocycles. The molecule has 0 saturated heterocycles. The van der Waals surface area contributed by atoms with Crippen molar-refractivity contribution in [2.75, 3.05) is 6.61 Å². The molecule has 1 fully saturated rings. The summed E-state index contributed by atoms with van der Waals surface area (Å²) in [5.74, 6) is -0.907. The third kappa shape index (κ3) is 11.6. The number of carboxylic acid groups (broad SMARTS) is 1. The molecule has 0 aromatic heterocycles. The van der Waals surface area contributed by atoms with Crippen LogP contribution in [0.5, 0.6) is 11.5 Å². The highest BCUT2D eigenvalue weighted by Gasteiger charge is 2.47. The van der Waals surface area contributed by atoms with Crippen LogP contribution in [0.2, 0.25) is 0 Å². The SMILES string of the molecule is CCCCCCCCCCOc1ccc(C(=O)Oc2ccc(CCC(CC)C[C@@](F)(C(=O)O)C3CCCCC3)cc2)cc1. The molecule has 0 spiro atoms. The van der Waals surface area contributed by atoms with Gasteiger partial charge in [0, 0.05) is 5.92 Å². The lowest BCUT2D eigenvalue weighted by molar-refractivity contribution is -0.158. The molecule has 5 nitrogen and oxygen atoms in total. The fourth-order valence-electron chi connectivity index (χ4n) is 6.23. The van der Waals surface area contributed by atoms with Gasteiger partial charge in [-0.25, -0.2) is 14.0 Å². The number of carbonyl (C=O) groups is 2. The fourth-order valence-corrected chi connectivity index (χ4v) is 6.23. The first-order valence-electron chi connectivity index (χ1n) is 16.8. The van der Waals surface area contributed by atoms with Gasteiger partial charge >= 0.3 is 11.9 Å². The van der Waals surface area contributed by atoms with Gasteiger partial charge in [0.2, 0.25) is 5.67 Å². The third-order valence-corrected chi connectivity index (χ3v) is 9.10. The van der Waals surface area contributed by atoms with Gasteiger partial charge in [0.1, 0.15) is 11.5 Å². The van der Waals surface area contributed by atoms with Gasteiger partial charge in [-0.1, -0.05) is 96.6 Å². The number of aliphatic carboxylic acids is 1. The van der Waals surface area contributed by atoms with Crippen LogP contribution in [-0.2, 0) is 11.2 Å². The molecule has 1 aliphatic carbocycles. The van der Waals surface area contributed by atoms with Gasteiger partial charge < -0.3 is 14.6 Å². The van der Waals surface area contributed by atoms with Gasteiger partial charge in [0.25, 0.3) is 0 Å². The van der Waals surface area contributed by atoms with Gasteiger partial charge in [0.15, 0.2) is 0 Å². The number of carboxylic acids is 1. The van der Waals surface area contributed by atoms with E-state index in [1.807, 2.05) is 19.1 Å². The summed E-state index contributed by atoms with van der Waals surface area (Å²) >= 11 is 0. The van der Waals surface area contributed by atoms with Crippen molar-refractivity contribution >= 4 is 11.9 Å². The molecule has 238 valence electrons. The van der Waals surface area contributed by atoms with Crippen LogP contribution in [0.25, 0.3) is 0 Å². The number of benzene rings is 2. The number of halogens is 1. The second-order valence-corrected chi connectivity index (χ2v) is 12.4. The molecular formula is C37H53FO5. The van der Waals surface area contributed by atoms with Crippen LogP contribution < -0.4 is 9.47 Å². The Bertz CT molecular complexity index is 1080. The average molecular weight is 597 g/mol. The molecule has 0 amide bonds. The summed E-state index contributed by atoms with van der Waals surface area (Å²) in [6, 6.07) is 14.4. The van der Waals surface area contributed by atoms with E-state index in [4.69, 9.17) is 9.47 Å². The minimum absolute atomic E-state index is 0.00666. The third-order valence-electron chi connectivity index (χ3n) is 9.10. The van der Waals surface area contributed by atoms with Crippen LogP contribution in [0, 0.1) is 11.8 Å². The van der Waals surface area contributed by atoms with Crippen LogP contribution >= 0.6 is 0 Å². The topological polar surface area (TPSA) is 72.8 Å². The monoisotopic (exact) mass is 596 g/mol. The number of hydrogen-bond acceptors (Lipinski definition) is 4. The Balaban J connectivity index is 1.40. The summed E-state index contributed by atoms with van der Waals surface area (Å²) in [6.07, 6.45) is 16.5. The van der Waals surface area contributed by atoms with Crippen LogP contribution in [0.15, 0.2) is 48.5 Å². The van der Waals surface area contributed by atoms with Crippen molar-refractivity contribution in [1.82, 2.24) is 0 Å². The van der Waals surface area contributed by atoms with Crippen molar-refractivity contribution in [3.63, 3.8) is 0 Å². The van der Waals surface area contributed by atoms with E-state index >= 15 is 4.39 Å². The summed E-state index contributed by atoms with van der Waals surface area (Å²) in [5, 5.41) is 9.78. The first-order valence-corrected chi connectivity index (χ1v) is 16.8. The first kappa shape index (κ1) is 34.6. The Labute approximate surface area is 258 Å². The standard InChI is InChI=1S/C37H53FO5/c1-3-5-6-7-8-9-10-14-27-42-33-25-21-31(22-26-33)35(39)43-34-23-19-30(20-24-34)18-17-29(4-2)28-37(38,36(40)41)32-15-12-11-13-16-32/h19-26,29,32H,3-18,27-28H2,1-2H3,(H,40,41)/t29?,37-/m0/s1. The Hall–Kier alpha value is -2.89. The summed E-state index contributed by atoms with van der Waals surface area (Å²) in [5.41, 5.74) is -0.634. The first-order chi connectivity index (χ1) is 20.9. The molecular weight excluding hydrogens is 543 g/mol. The number of hydrogen-bond donors (Lipinski definition) is 1. The normalized spacial score (nSPS) is 15.9. The number of carbonyl (C=O) groups excluding carboxylic acids is 1. The van der Waals surface area contributed by atoms with E-state index in [1.165, 1.54) is 44.9 Å². The highest BCUT2D eigenvalue weighted by Crippen LogP contribution is 2.41. The van der Waals surface area contributed by atoms with Crippen LogP contribution in [-0.4, -0.2) is 29.3 Å². The largest absolute Gasteiger partial charge is 0.494 e. The zero-order valence-electron chi connectivity index (χ0n) is 26.5. The number of ether oxygens (including phenoxy) is 2. The lowest BCUT2D eigenvalue weighted by Crippen LogP contribution is -2.44. The quantitative estimate of drug-likeness (QED) is 0.0935. The molecule has 1 unspecified atom stereocenters. The molecule has 0 heterocycles. The van der Waals surface area contributed by atoms with E-state index in [9.17, 15) is 14.7 Å². The maximum Gasteiger partial charge on any atom is 0.343 e. The van der Waals surface area contributed by atoms with E-state index in [0.717, 1.165) is 49.8 Å². The Morgan fingerprint density at radius 2 is 1.47 bits per heavy atom. The number of rotatable bonds is 20. The van der Waals surface area contributed by atoms with Crippen molar-refractivity contribution in [2.45, 2.75) is 129 Å². The Morgan fingerprint density at radius 3 is 2.07 bits per heavy atom. The second kappa shape index (κ2) is 18.7. The zero-order valence-corrected chi connectivity index (χ0v) is 26.5. The zero-order chi connectivity index (χ0) is 30.9. The maximum absolute atomic E-state index is 15.8. The van der Waals surface area contributed by atoms with Gasteiger partial charge in [0.05, 0.1) is 12.2 Å². The molecule has 3 rings (SSSR count). The lowest BCUT2D eigenvalue weighted by Gasteiger charge is -2.35. The summed E-state index contributed by atoms with van der Waals surface area (Å²) in [7, 11) is 0. The van der Waals surface area contributed by atoms with E-state index in [-0.39, 0.29) is 18.3 Å². The molecule has 2 aromatic rings. The highest BCUT2D eigenvalue weighted by molar-refractivity contribution is 5.91. The predicted molar refractivity (Wildman–Crippen MR) is 171 cm³/mol. The fraction of sp³-hybridized carbons (Fsp3) is 0.622. The number of alkyl halides is 1. The number of esters is 1. The summed E-state index contributed by atoms with van der Waals surface area (Å²) in [6.45, 7) is 4.92. The predicted octanol–water partition coefficient (Wildman–Crippen LogP) is 10.1. The Morgan fingerprint density at radius 1 is 0.860 bits per heavy atom. The molecule has 0 aliphatic heterocycles. The van der Waals surface area contributed by atoms with Gasteiger partial charge in [-0.3, -0.25) is 0 Å². The number of unbranched alkanes of at least 4 members (excludes halogenated alkanes) is 7. The highest BCUT2D eigenvalue weighted by atomic mass is 19.1. The molecule has 43 heavy (non-hydrogen) atoms. The van der Waals surface area contributed by atoms with E-state index in [2.05, 4.69) is 6.92 Å². The van der Waals surface area contributed by atoms with Crippen molar-refractivity contribution in [2.24, 2.45) is 11.8 Å². The lowest BCUT2D eigenvalue weighted by atomic mass is 9.73.